The summed E-state index contributed by atoms with van der Waals surface area (Å²) < 4.78 is 31.7. The van der Waals surface area contributed by atoms with E-state index in [0.717, 1.165) is 25.1 Å². The third-order valence-corrected chi connectivity index (χ3v) is 4.55. The lowest BCUT2D eigenvalue weighted by Gasteiger charge is -2.27. The van der Waals surface area contributed by atoms with E-state index < -0.39 is 12.1 Å². The number of halogens is 3. The fraction of sp³-hybridized carbons (Fsp3) is 0.650. The quantitative estimate of drug-likeness (QED) is 0.495. The van der Waals surface area contributed by atoms with Crippen molar-refractivity contribution in [1.82, 2.24) is 25.7 Å². The first-order valence-corrected chi connectivity index (χ1v) is 10.6. The molecule has 0 aliphatic carbocycles. The maximum Gasteiger partial charge on any atom is 0.490 e. The Bertz CT molecular complexity index is 811. The lowest BCUT2D eigenvalue weighted by molar-refractivity contribution is -0.192. The van der Waals surface area contributed by atoms with Gasteiger partial charge in [-0.2, -0.15) is 13.2 Å². The Kier molecular flexibility index (Phi) is 11.0. The summed E-state index contributed by atoms with van der Waals surface area (Å²) in [7, 11) is 0. The molecule has 0 radical (unpaired) electrons. The van der Waals surface area contributed by atoms with Crippen LogP contribution in [0.2, 0.25) is 0 Å². The van der Waals surface area contributed by atoms with Crippen molar-refractivity contribution in [3.8, 4) is 0 Å². The van der Waals surface area contributed by atoms with Gasteiger partial charge in [0.25, 0.3) is 5.91 Å². The highest BCUT2D eigenvalue weighted by molar-refractivity contribution is 5.93. The molecule has 1 fully saturated rings. The molecule has 1 saturated heterocycles. The van der Waals surface area contributed by atoms with Crippen molar-refractivity contribution in [2.45, 2.75) is 46.2 Å². The van der Waals surface area contributed by atoms with Crippen molar-refractivity contribution >= 4 is 23.7 Å². The molecule has 2 rings (SSSR count). The summed E-state index contributed by atoms with van der Waals surface area (Å²) in [5.41, 5.74) is 1.12. The first-order valence-electron chi connectivity index (χ1n) is 10.6. The summed E-state index contributed by atoms with van der Waals surface area (Å²) in [5.74, 6) is -1.84. The van der Waals surface area contributed by atoms with E-state index >= 15 is 0 Å². The molecule has 0 aromatic carbocycles. The van der Waals surface area contributed by atoms with Gasteiger partial charge in [-0.15, -0.1) is 10.2 Å². The van der Waals surface area contributed by atoms with Crippen LogP contribution in [0.25, 0.3) is 0 Å². The van der Waals surface area contributed by atoms with Crippen LogP contribution in [0.3, 0.4) is 0 Å². The van der Waals surface area contributed by atoms with Gasteiger partial charge in [-0.3, -0.25) is 10.1 Å². The zero-order valence-electron chi connectivity index (χ0n) is 19.1. The zero-order valence-corrected chi connectivity index (χ0v) is 19.1. The zero-order chi connectivity index (χ0) is 25.2. The van der Waals surface area contributed by atoms with Crippen LogP contribution in [0.5, 0.6) is 0 Å². The predicted molar refractivity (Wildman–Crippen MR) is 115 cm³/mol. The molecule has 0 atom stereocenters. The van der Waals surface area contributed by atoms with Gasteiger partial charge in [0, 0.05) is 38.3 Å². The third-order valence-electron chi connectivity index (χ3n) is 4.55. The molecule has 3 amide bonds. The molecule has 186 valence electrons. The highest BCUT2D eigenvalue weighted by atomic mass is 19.4. The minimum absolute atomic E-state index is 0.103. The summed E-state index contributed by atoms with van der Waals surface area (Å²) in [5, 5.41) is 24.1. The molecule has 13 heteroatoms. The number of carbonyl (C=O) groups excluding carboxylic acids is 2. The summed E-state index contributed by atoms with van der Waals surface area (Å²) >= 11 is 0. The number of rotatable bonds is 6. The Balaban J connectivity index is 0.000000675. The topological polar surface area (TPSA) is 137 Å². The lowest BCUT2D eigenvalue weighted by atomic mass is 10.0. The van der Waals surface area contributed by atoms with Gasteiger partial charge in [0.05, 0.1) is 0 Å². The normalized spacial score (nSPS) is 13.9. The number of amides is 3. The largest absolute Gasteiger partial charge is 0.490 e. The van der Waals surface area contributed by atoms with Crippen molar-refractivity contribution in [3.63, 3.8) is 0 Å². The molecule has 1 aliphatic rings. The number of alkyl halides is 3. The maximum atomic E-state index is 12.6. The minimum Gasteiger partial charge on any atom is -0.475 e. The molecule has 1 aromatic rings. The van der Waals surface area contributed by atoms with E-state index in [1.165, 1.54) is 0 Å². The molecule has 4 N–H and O–H groups in total. The van der Waals surface area contributed by atoms with E-state index in [4.69, 9.17) is 9.90 Å². The van der Waals surface area contributed by atoms with Crippen LogP contribution in [0.1, 0.15) is 56.1 Å². The highest BCUT2D eigenvalue weighted by Crippen LogP contribution is 2.22. The number of carboxylic acid groups (broad SMARTS) is 1. The number of nitrogens with one attached hydrogen (secondary N) is 3. The molecule has 1 aliphatic heterocycles. The summed E-state index contributed by atoms with van der Waals surface area (Å²) in [6.45, 7) is 11.7. The van der Waals surface area contributed by atoms with Gasteiger partial charge in [0.2, 0.25) is 0 Å². The average Bonchev–Trinajstić information content (AvgIpc) is 2.73. The number of hydrogen-bond acceptors (Lipinski definition) is 6. The number of aromatic nitrogens is 2. The van der Waals surface area contributed by atoms with Crippen molar-refractivity contribution in [2.24, 2.45) is 5.92 Å². The second-order valence-electron chi connectivity index (χ2n) is 8.10. The highest BCUT2D eigenvalue weighted by Gasteiger charge is 2.38. The maximum absolute atomic E-state index is 12.6. The number of hydrogen-bond donors (Lipinski definition) is 4. The number of carbonyl (C=O) groups is 3. The van der Waals surface area contributed by atoms with Gasteiger partial charge >= 0.3 is 18.2 Å². The van der Waals surface area contributed by atoms with E-state index in [0.29, 0.717) is 37.1 Å². The monoisotopic (exact) mass is 476 g/mol. The van der Waals surface area contributed by atoms with Crippen LogP contribution in [0.15, 0.2) is 6.07 Å². The average molecular weight is 477 g/mol. The molecular weight excluding hydrogens is 445 g/mol. The van der Waals surface area contributed by atoms with Gasteiger partial charge in [-0.25, -0.2) is 9.59 Å². The second-order valence-corrected chi connectivity index (χ2v) is 8.10. The summed E-state index contributed by atoms with van der Waals surface area (Å²) in [6.07, 6.45) is -4.17. The molecule has 0 saturated carbocycles. The minimum atomic E-state index is -5.08. The van der Waals surface area contributed by atoms with E-state index in [9.17, 15) is 22.8 Å². The van der Waals surface area contributed by atoms with Crippen molar-refractivity contribution in [3.05, 3.63) is 17.3 Å². The van der Waals surface area contributed by atoms with Crippen LogP contribution < -0.4 is 16.0 Å². The fourth-order valence-corrected chi connectivity index (χ4v) is 2.70. The number of piperazine rings is 1. The smallest absolute Gasteiger partial charge is 0.475 e. The van der Waals surface area contributed by atoms with Gasteiger partial charge in [-0.1, -0.05) is 27.7 Å². The van der Waals surface area contributed by atoms with Crippen molar-refractivity contribution in [2.75, 3.05) is 38.0 Å². The Morgan fingerprint density at radius 3 is 2.21 bits per heavy atom. The van der Waals surface area contributed by atoms with E-state index in [1.54, 1.807) is 11.0 Å². The first kappa shape index (κ1) is 28.1. The number of carboxylic acids is 1. The van der Waals surface area contributed by atoms with Crippen molar-refractivity contribution < 1.29 is 32.7 Å². The summed E-state index contributed by atoms with van der Waals surface area (Å²) in [6, 6.07) is 1.44. The van der Waals surface area contributed by atoms with E-state index in [2.05, 4.69) is 40.0 Å². The lowest BCUT2D eigenvalue weighted by Crippen LogP contribution is -2.46. The molecule has 10 nitrogen and oxygen atoms in total. The molecule has 33 heavy (non-hydrogen) atoms. The molecule has 0 bridgehead atoms. The van der Waals surface area contributed by atoms with E-state index in [1.807, 2.05) is 13.8 Å². The Labute approximate surface area is 190 Å². The Morgan fingerprint density at radius 1 is 1.15 bits per heavy atom. The first-order chi connectivity index (χ1) is 15.3. The standard InChI is InChI=1S/C18H30N6O2.C2HF3O2/c1-12(2)5-6-20-18(26)21-16-14(13(3)4)11-15(22-23-16)17(25)24-9-7-19-8-10-24;3-2(4,5)1(6)7/h11-13,19H,5-10H2,1-4H3,(H2,20,21,23,26);(H,6,7). The molecule has 1 aromatic heterocycles. The van der Waals surface area contributed by atoms with Crippen LogP contribution in [0.4, 0.5) is 23.8 Å². The number of aliphatic carboxylic acids is 1. The predicted octanol–water partition coefficient (Wildman–Crippen LogP) is 2.45. The van der Waals surface area contributed by atoms with Gasteiger partial charge in [-0.05, 0) is 24.3 Å². The summed E-state index contributed by atoms with van der Waals surface area (Å²) in [4.78, 5) is 35.3. The van der Waals surface area contributed by atoms with Crippen LogP contribution in [-0.4, -0.2) is 77.0 Å². The molecule has 2 heterocycles. The number of anilines is 1. The SMILES string of the molecule is CC(C)CCNC(=O)Nc1nnc(C(=O)N2CCNCC2)cc1C(C)C.O=C(O)C(F)(F)F. The fourth-order valence-electron chi connectivity index (χ4n) is 2.70. The Hall–Kier alpha value is -2.96. The molecule has 0 spiro atoms. The molecular formula is C20H31F3N6O4. The number of urea groups is 1. The van der Waals surface area contributed by atoms with Crippen LogP contribution >= 0.6 is 0 Å². The van der Waals surface area contributed by atoms with Crippen molar-refractivity contribution in [1.29, 1.82) is 0 Å². The molecule has 0 unspecified atom stereocenters. The van der Waals surface area contributed by atoms with Gasteiger partial charge < -0.3 is 20.6 Å². The van der Waals surface area contributed by atoms with Gasteiger partial charge in [0.15, 0.2) is 11.5 Å². The Morgan fingerprint density at radius 2 is 1.73 bits per heavy atom. The number of nitrogens with zero attached hydrogens (tertiary/aromatic N) is 3. The second kappa shape index (κ2) is 12.9. The van der Waals surface area contributed by atoms with Crippen LogP contribution in [-0.2, 0) is 4.79 Å². The van der Waals surface area contributed by atoms with Gasteiger partial charge in [0.1, 0.15) is 0 Å². The van der Waals surface area contributed by atoms with Crippen LogP contribution in [0, 0.1) is 5.92 Å². The third kappa shape index (κ3) is 10.0. The van der Waals surface area contributed by atoms with E-state index in [-0.39, 0.29) is 17.9 Å².